The molecular formula is C17H19NS. The summed E-state index contributed by atoms with van der Waals surface area (Å²) in [6, 6.07) is 19.1. The smallest absolute Gasteiger partial charge is 0.0202 e. The van der Waals surface area contributed by atoms with Gasteiger partial charge < -0.3 is 5.32 Å². The predicted molar refractivity (Wildman–Crippen MR) is 85.4 cm³/mol. The van der Waals surface area contributed by atoms with Gasteiger partial charge >= 0.3 is 0 Å². The summed E-state index contributed by atoms with van der Waals surface area (Å²) in [7, 11) is 1.97. The standard InChI is InChI=1S/C17H19NS/c1-18-14-16-9-11-17(12-10-16)19-13-5-8-15-6-3-2-4-7-15/h2-12,18H,13-14H2,1H3/b8-5+. The zero-order chi connectivity index (χ0) is 13.3. The molecule has 0 fully saturated rings. The normalized spacial score (nSPS) is 11.0. The van der Waals surface area contributed by atoms with Gasteiger partial charge in [0.25, 0.3) is 0 Å². The fourth-order valence-corrected chi connectivity index (χ4v) is 2.51. The number of hydrogen-bond donors (Lipinski definition) is 1. The van der Waals surface area contributed by atoms with Gasteiger partial charge in [-0.1, -0.05) is 54.6 Å². The van der Waals surface area contributed by atoms with Gasteiger partial charge in [0.1, 0.15) is 0 Å². The van der Waals surface area contributed by atoms with Crippen molar-refractivity contribution in [3.63, 3.8) is 0 Å². The fraction of sp³-hybridized carbons (Fsp3) is 0.176. The first-order valence-corrected chi connectivity index (χ1v) is 7.45. The molecule has 1 nitrogen and oxygen atoms in total. The number of hydrogen-bond acceptors (Lipinski definition) is 2. The van der Waals surface area contributed by atoms with Crippen molar-refractivity contribution in [3.8, 4) is 0 Å². The number of nitrogens with one attached hydrogen (secondary N) is 1. The second kappa shape index (κ2) is 7.82. The van der Waals surface area contributed by atoms with E-state index in [1.807, 2.05) is 24.9 Å². The highest BCUT2D eigenvalue weighted by molar-refractivity contribution is 7.99. The van der Waals surface area contributed by atoms with E-state index in [1.165, 1.54) is 16.0 Å². The lowest BCUT2D eigenvalue weighted by molar-refractivity contribution is 0.817. The van der Waals surface area contributed by atoms with E-state index < -0.39 is 0 Å². The minimum absolute atomic E-state index is 0.929. The molecular weight excluding hydrogens is 250 g/mol. The van der Waals surface area contributed by atoms with Gasteiger partial charge in [0.15, 0.2) is 0 Å². The molecule has 0 spiro atoms. The molecule has 98 valence electrons. The van der Waals surface area contributed by atoms with Crippen molar-refractivity contribution >= 4 is 17.8 Å². The van der Waals surface area contributed by atoms with Crippen LogP contribution in [-0.2, 0) is 6.54 Å². The summed E-state index contributed by atoms with van der Waals surface area (Å²) in [5, 5.41) is 3.16. The van der Waals surface area contributed by atoms with E-state index in [4.69, 9.17) is 0 Å². The van der Waals surface area contributed by atoms with Crippen LogP contribution in [0.4, 0.5) is 0 Å². The molecule has 0 unspecified atom stereocenters. The van der Waals surface area contributed by atoms with E-state index in [2.05, 4.69) is 66.0 Å². The van der Waals surface area contributed by atoms with Crippen molar-refractivity contribution in [2.45, 2.75) is 11.4 Å². The zero-order valence-electron chi connectivity index (χ0n) is 11.2. The third-order valence-corrected chi connectivity index (χ3v) is 3.72. The van der Waals surface area contributed by atoms with Gasteiger partial charge in [-0.05, 0) is 30.3 Å². The topological polar surface area (TPSA) is 12.0 Å². The maximum Gasteiger partial charge on any atom is 0.0202 e. The van der Waals surface area contributed by atoms with Crippen molar-refractivity contribution in [3.05, 3.63) is 71.8 Å². The first kappa shape index (κ1) is 13.9. The second-order valence-corrected chi connectivity index (χ2v) is 5.39. The van der Waals surface area contributed by atoms with Crippen LogP contribution in [0.15, 0.2) is 65.6 Å². The van der Waals surface area contributed by atoms with E-state index in [-0.39, 0.29) is 0 Å². The van der Waals surface area contributed by atoms with E-state index in [1.54, 1.807) is 0 Å². The SMILES string of the molecule is CNCc1ccc(SC/C=C/c2ccccc2)cc1. The first-order chi connectivity index (χ1) is 9.38. The second-order valence-electron chi connectivity index (χ2n) is 4.30. The van der Waals surface area contributed by atoms with E-state index in [0.29, 0.717) is 0 Å². The van der Waals surface area contributed by atoms with Gasteiger partial charge in [-0.25, -0.2) is 0 Å². The summed E-state index contributed by atoms with van der Waals surface area (Å²) in [5.74, 6) is 1.00. The Bertz CT molecular complexity index is 503. The summed E-state index contributed by atoms with van der Waals surface area (Å²) in [6.07, 6.45) is 4.38. The Kier molecular flexibility index (Phi) is 5.73. The fourth-order valence-electron chi connectivity index (χ4n) is 1.80. The Morgan fingerprint density at radius 1 is 1.00 bits per heavy atom. The molecule has 0 aliphatic rings. The molecule has 0 amide bonds. The lowest BCUT2D eigenvalue weighted by atomic mass is 10.2. The van der Waals surface area contributed by atoms with Crippen molar-refractivity contribution < 1.29 is 0 Å². The Balaban J connectivity index is 1.81. The average Bonchev–Trinajstić information content (AvgIpc) is 2.47. The third kappa shape index (κ3) is 4.93. The minimum Gasteiger partial charge on any atom is -0.316 e. The van der Waals surface area contributed by atoms with Crippen molar-refractivity contribution in [2.75, 3.05) is 12.8 Å². The Hall–Kier alpha value is -1.51. The Morgan fingerprint density at radius 3 is 2.42 bits per heavy atom. The predicted octanol–water partition coefficient (Wildman–Crippen LogP) is 4.21. The van der Waals surface area contributed by atoms with Gasteiger partial charge in [0.05, 0.1) is 0 Å². The van der Waals surface area contributed by atoms with Gasteiger partial charge in [-0.2, -0.15) is 0 Å². The average molecular weight is 269 g/mol. The van der Waals surface area contributed by atoms with E-state index in [9.17, 15) is 0 Å². The molecule has 0 heterocycles. The van der Waals surface area contributed by atoms with Crippen LogP contribution in [0, 0.1) is 0 Å². The van der Waals surface area contributed by atoms with E-state index >= 15 is 0 Å². The molecule has 0 atom stereocenters. The molecule has 19 heavy (non-hydrogen) atoms. The maximum absolute atomic E-state index is 3.16. The highest BCUT2D eigenvalue weighted by Crippen LogP contribution is 2.18. The maximum atomic E-state index is 3.16. The highest BCUT2D eigenvalue weighted by atomic mass is 32.2. The van der Waals surface area contributed by atoms with E-state index in [0.717, 1.165) is 12.3 Å². The molecule has 0 bridgehead atoms. The number of rotatable bonds is 6. The monoisotopic (exact) mass is 269 g/mol. The molecule has 1 N–H and O–H groups in total. The Labute approximate surface area is 119 Å². The Morgan fingerprint density at radius 2 is 1.74 bits per heavy atom. The molecule has 2 rings (SSSR count). The van der Waals surface area contributed by atoms with Gasteiger partial charge in [0.2, 0.25) is 0 Å². The summed E-state index contributed by atoms with van der Waals surface area (Å²) < 4.78 is 0. The molecule has 0 aromatic heterocycles. The molecule has 0 aliphatic heterocycles. The van der Waals surface area contributed by atoms with Crippen LogP contribution in [0.1, 0.15) is 11.1 Å². The quantitative estimate of drug-likeness (QED) is 0.788. The molecule has 2 heteroatoms. The largest absolute Gasteiger partial charge is 0.316 e. The highest BCUT2D eigenvalue weighted by Gasteiger charge is 1.93. The van der Waals surface area contributed by atoms with Crippen molar-refractivity contribution in [2.24, 2.45) is 0 Å². The van der Waals surface area contributed by atoms with Crippen molar-refractivity contribution in [1.82, 2.24) is 5.32 Å². The minimum atomic E-state index is 0.929. The molecule has 2 aromatic rings. The van der Waals surface area contributed by atoms with Crippen LogP contribution in [0.25, 0.3) is 6.08 Å². The van der Waals surface area contributed by atoms with Gasteiger partial charge in [-0.15, -0.1) is 11.8 Å². The third-order valence-electron chi connectivity index (χ3n) is 2.76. The summed E-state index contributed by atoms with van der Waals surface area (Å²) in [6.45, 7) is 0.929. The summed E-state index contributed by atoms with van der Waals surface area (Å²) >= 11 is 1.86. The lowest BCUT2D eigenvalue weighted by Crippen LogP contribution is -2.04. The first-order valence-electron chi connectivity index (χ1n) is 6.46. The van der Waals surface area contributed by atoms with Crippen LogP contribution in [0.5, 0.6) is 0 Å². The molecule has 2 aromatic carbocycles. The summed E-state index contributed by atoms with van der Waals surface area (Å²) in [5.41, 5.74) is 2.58. The van der Waals surface area contributed by atoms with Crippen LogP contribution < -0.4 is 5.32 Å². The molecule has 0 radical (unpaired) electrons. The number of benzene rings is 2. The van der Waals surface area contributed by atoms with Crippen LogP contribution in [-0.4, -0.2) is 12.8 Å². The summed E-state index contributed by atoms with van der Waals surface area (Å²) in [4.78, 5) is 1.32. The molecule has 0 aliphatic carbocycles. The van der Waals surface area contributed by atoms with Gasteiger partial charge in [-0.3, -0.25) is 0 Å². The van der Waals surface area contributed by atoms with Crippen LogP contribution in [0.2, 0.25) is 0 Å². The van der Waals surface area contributed by atoms with Crippen LogP contribution in [0.3, 0.4) is 0 Å². The lowest BCUT2D eigenvalue weighted by Gasteiger charge is -2.02. The zero-order valence-corrected chi connectivity index (χ0v) is 12.0. The molecule has 0 saturated carbocycles. The molecule has 0 saturated heterocycles. The van der Waals surface area contributed by atoms with Crippen molar-refractivity contribution in [1.29, 1.82) is 0 Å². The number of thioether (sulfide) groups is 1. The van der Waals surface area contributed by atoms with Crippen LogP contribution >= 0.6 is 11.8 Å². The van der Waals surface area contributed by atoms with Gasteiger partial charge in [0, 0.05) is 17.2 Å².